The van der Waals surface area contributed by atoms with Crippen LogP contribution in [0.2, 0.25) is 0 Å². The van der Waals surface area contributed by atoms with E-state index in [9.17, 15) is 4.79 Å². The molecule has 0 bridgehead atoms. The third-order valence-electron chi connectivity index (χ3n) is 5.12. The van der Waals surface area contributed by atoms with E-state index in [0.29, 0.717) is 0 Å². The Morgan fingerprint density at radius 2 is 1.68 bits per heavy atom. The van der Waals surface area contributed by atoms with Gasteiger partial charge in [-0.2, -0.15) is 0 Å². The van der Waals surface area contributed by atoms with Crippen molar-refractivity contribution in [2.24, 2.45) is 0 Å². The molecule has 0 saturated carbocycles. The Morgan fingerprint density at radius 1 is 0.857 bits per heavy atom. The topological polar surface area (TPSA) is 40.5 Å². The van der Waals surface area contributed by atoms with Crippen LogP contribution in [0.15, 0.2) is 79.1 Å². The van der Waals surface area contributed by atoms with Gasteiger partial charge in [-0.15, -0.1) is 0 Å². The number of nitrogens with zero attached hydrogens (tertiary/aromatic N) is 3. The summed E-state index contributed by atoms with van der Waals surface area (Å²) in [6.07, 6.45) is 4.98. The highest BCUT2D eigenvalue weighted by molar-refractivity contribution is 5.89. The number of hydrogen-bond donors (Lipinski definition) is 1. The van der Waals surface area contributed by atoms with Crippen molar-refractivity contribution in [1.29, 1.82) is 0 Å². The van der Waals surface area contributed by atoms with E-state index in [2.05, 4.69) is 34.5 Å². The van der Waals surface area contributed by atoms with Crippen molar-refractivity contribution in [2.45, 2.75) is 13.0 Å². The minimum absolute atomic E-state index is 0.0220. The number of amides is 2. The monoisotopic (exact) mass is 374 g/mol. The molecule has 1 aliphatic rings. The highest BCUT2D eigenvalue weighted by Gasteiger charge is 2.19. The first-order chi connectivity index (χ1) is 13.8. The number of carbonyl (C=O) groups is 1. The molecule has 0 spiro atoms. The molecule has 1 aliphatic heterocycles. The Hall–Kier alpha value is -3.05. The summed E-state index contributed by atoms with van der Waals surface area (Å²) in [4.78, 5) is 17.1. The number of nitrogens with one attached hydrogen (secondary N) is 1. The molecule has 0 radical (unpaired) electrons. The van der Waals surface area contributed by atoms with Crippen LogP contribution in [0.4, 0.5) is 10.5 Å². The van der Waals surface area contributed by atoms with Crippen LogP contribution in [0.3, 0.4) is 0 Å². The maximum Gasteiger partial charge on any atom is 0.321 e. The van der Waals surface area contributed by atoms with Crippen LogP contribution in [0, 0.1) is 0 Å². The minimum Gasteiger partial charge on any atom is -0.324 e. The Kier molecular flexibility index (Phi) is 5.73. The van der Waals surface area contributed by atoms with E-state index in [1.165, 1.54) is 5.56 Å². The lowest BCUT2D eigenvalue weighted by Gasteiger charge is -2.22. The van der Waals surface area contributed by atoms with E-state index in [1.54, 1.807) is 0 Å². The number of hydrogen-bond acceptors (Lipinski definition) is 2. The van der Waals surface area contributed by atoms with Crippen LogP contribution in [-0.4, -0.2) is 46.6 Å². The molecule has 0 aliphatic carbocycles. The molecule has 1 aromatic heterocycles. The summed E-state index contributed by atoms with van der Waals surface area (Å²) in [6, 6.07) is 22.4. The van der Waals surface area contributed by atoms with Gasteiger partial charge < -0.3 is 14.8 Å². The second-order valence-electron chi connectivity index (χ2n) is 7.17. The van der Waals surface area contributed by atoms with Crippen LogP contribution in [0.25, 0.3) is 5.69 Å². The molecule has 0 atom stereocenters. The molecule has 1 fully saturated rings. The predicted octanol–water partition coefficient (Wildman–Crippen LogP) is 4.22. The van der Waals surface area contributed by atoms with Crippen molar-refractivity contribution in [3.8, 4) is 5.69 Å². The smallest absolute Gasteiger partial charge is 0.321 e. The molecule has 1 saturated heterocycles. The highest BCUT2D eigenvalue weighted by Crippen LogP contribution is 2.16. The summed E-state index contributed by atoms with van der Waals surface area (Å²) < 4.78 is 2.03. The maximum absolute atomic E-state index is 12.8. The maximum atomic E-state index is 12.8. The fourth-order valence-corrected chi connectivity index (χ4v) is 3.63. The van der Waals surface area contributed by atoms with Gasteiger partial charge in [-0.1, -0.05) is 36.4 Å². The van der Waals surface area contributed by atoms with Crippen molar-refractivity contribution in [3.05, 3.63) is 84.7 Å². The molecule has 2 amide bonds. The fourth-order valence-electron chi connectivity index (χ4n) is 3.63. The molecular formula is C23H26N4O. The quantitative estimate of drug-likeness (QED) is 0.743. The molecule has 2 aromatic carbocycles. The Bertz CT molecular complexity index is 892. The van der Waals surface area contributed by atoms with Gasteiger partial charge >= 0.3 is 6.03 Å². The zero-order chi connectivity index (χ0) is 19.2. The average Bonchev–Trinajstić information content (AvgIpc) is 3.16. The van der Waals surface area contributed by atoms with Gasteiger partial charge in [-0.3, -0.25) is 4.90 Å². The SMILES string of the molecule is O=C(Nc1cccc(-n2cccc2)c1)N1CCCN(Cc2ccccc2)CC1. The zero-order valence-electron chi connectivity index (χ0n) is 16.0. The summed E-state index contributed by atoms with van der Waals surface area (Å²) in [5.41, 5.74) is 3.18. The molecule has 5 nitrogen and oxygen atoms in total. The summed E-state index contributed by atoms with van der Waals surface area (Å²) in [6.45, 7) is 4.38. The molecule has 3 aromatic rings. The van der Waals surface area contributed by atoms with Gasteiger partial charge in [0, 0.05) is 56.5 Å². The number of urea groups is 1. The molecule has 2 heterocycles. The van der Waals surface area contributed by atoms with Crippen LogP contribution < -0.4 is 5.32 Å². The fraction of sp³-hybridized carbons (Fsp3) is 0.261. The molecular weight excluding hydrogens is 348 g/mol. The summed E-state index contributed by atoms with van der Waals surface area (Å²) in [5, 5.41) is 3.06. The lowest BCUT2D eigenvalue weighted by molar-refractivity contribution is 0.211. The van der Waals surface area contributed by atoms with Gasteiger partial charge in [0.2, 0.25) is 0 Å². The normalized spacial score (nSPS) is 15.2. The standard InChI is InChI=1S/C23H26N4O/c28-23(24-21-10-6-11-22(18-21)26-13-4-5-14-26)27-15-7-12-25(16-17-27)19-20-8-2-1-3-9-20/h1-6,8-11,13-14,18H,7,12,15-17,19H2,(H,24,28). The summed E-state index contributed by atoms with van der Waals surface area (Å²) in [7, 11) is 0. The number of benzene rings is 2. The van der Waals surface area contributed by atoms with Crippen molar-refractivity contribution in [3.63, 3.8) is 0 Å². The van der Waals surface area contributed by atoms with Crippen molar-refractivity contribution < 1.29 is 4.79 Å². The van der Waals surface area contributed by atoms with Crippen molar-refractivity contribution in [1.82, 2.24) is 14.4 Å². The second-order valence-corrected chi connectivity index (χ2v) is 7.17. The predicted molar refractivity (Wildman–Crippen MR) is 113 cm³/mol. The average molecular weight is 374 g/mol. The van der Waals surface area contributed by atoms with Gasteiger partial charge in [-0.05, 0) is 42.3 Å². The van der Waals surface area contributed by atoms with Gasteiger partial charge in [0.15, 0.2) is 0 Å². The first kappa shape index (κ1) is 18.3. The Labute approximate surface area is 166 Å². The summed E-state index contributed by atoms with van der Waals surface area (Å²) in [5.74, 6) is 0. The van der Waals surface area contributed by atoms with Gasteiger partial charge in [0.1, 0.15) is 0 Å². The molecule has 1 N–H and O–H groups in total. The lowest BCUT2D eigenvalue weighted by atomic mass is 10.2. The first-order valence-corrected chi connectivity index (χ1v) is 9.83. The van der Waals surface area contributed by atoms with E-state index >= 15 is 0 Å². The molecule has 0 unspecified atom stereocenters. The number of rotatable bonds is 4. The molecule has 5 heteroatoms. The largest absolute Gasteiger partial charge is 0.324 e. The van der Waals surface area contributed by atoms with Crippen molar-refractivity contribution in [2.75, 3.05) is 31.5 Å². The van der Waals surface area contributed by atoms with E-state index in [-0.39, 0.29) is 6.03 Å². The Morgan fingerprint density at radius 3 is 2.50 bits per heavy atom. The van der Waals surface area contributed by atoms with Crippen LogP contribution in [-0.2, 0) is 6.54 Å². The van der Waals surface area contributed by atoms with Gasteiger partial charge in [0.05, 0.1) is 0 Å². The van der Waals surface area contributed by atoms with Crippen molar-refractivity contribution >= 4 is 11.7 Å². The third kappa shape index (κ3) is 4.61. The van der Waals surface area contributed by atoms with E-state index in [1.807, 2.05) is 64.3 Å². The Balaban J connectivity index is 1.34. The van der Waals surface area contributed by atoms with E-state index in [0.717, 1.165) is 50.5 Å². The van der Waals surface area contributed by atoms with Crippen LogP contribution >= 0.6 is 0 Å². The zero-order valence-corrected chi connectivity index (χ0v) is 16.0. The van der Waals surface area contributed by atoms with E-state index in [4.69, 9.17) is 0 Å². The third-order valence-corrected chi connectivity index (χ3v) is 5.12. The lowest BCUT2D eigenvalue weighted by Crippen LogP contribution is -2.38. The van der Waals surface area contributed by atoms with Crippen LogP contribution in [0.5, 0.6) is 0 Å². The van der Waals surface area contributed by atoms with Gasteiger partial charge in [-0.25, -0.2) is 4.79 Å². The second kappa shape index (κ2) is 8.76. The molecule has 144 valence electrons. The van der Waals surface area contributed by atoms with Gasteiger partial charge in [0.25, 0.3) is 0 Å². The first-order valence-electron chi connectivity index (χ1n) is 9.83. The number of carbonyl (C=O) groups excluding carboxylic acids is 1. The number of aromatic nitrogens is 1. The minimum atomic E-state index is -0.0220. The van der Waals surface area contributed by atoms with E-state index < -0.39 is 0 Å². The molecule has 28 heavy (non-hydrogen) atoms. The number of anilines is 1. The highest BCUT2D eigenvalue weighted by atomic mass is 16.2. The van der Waals surface area contributed by atoms with Crippen LogP contribution in [0.1, 0.15) is 12.0 Å². The molecule has 4 rings (SSSR count). The summed E-state index contributed by atoms with van der Waals surface area (Å²) >= 11 is 0.